The molecule has 1 heterocycles. The van der Waals surface area contributed by atoms with Crippen LogP contribution in [0.1, 0.15) is 46.4 Å². The van der Waals surface area contributed by atoms with Crippen molar-refractivity contribution in [3.8, 4) is 0 Å². The molecule has 2 rings (SSSR count). The maximum Gasteiger partial charge on any atom is 0.138 e. The number of aromatic nitrogens is 3. The summed E-state index contributed by atoms with van der Waals surface area (Å²) in [5, 5.41) is 7.95. The largest absolute Gasteiger partial charge is 0.313 e. The molecule has 0 aromatic carbocycles. The van der Waals surface area contributed by atoms with Gasteiger partial charge in [-0.15, -0.1) is 0 Å². The zero-order valence-corrected chi connectivity index (χ0v) is 12.1. The third-order valence-electron chi connectivity index (χ3n) is 3.32. The van der Waals surface area contributed by atoms with Crippen LogP contribution in [0.2, 0.25) is 0 Å². The van der Waals surface area contributed by atoms with Gasteiger partial charge < -0.3 is 5.32 Å². The van der Waals surface area contributed by atoms with E-state index in [1.54, 1.807) is 6.33 Å². The highest BCUT2D eigenvalue weighted by molar-refractivity contribution is 4.93. The minimum Gasteiger partial charge on any atom is -0.313 e. The average Bonchev–Trinajstić information content (AvgIpc) is 3.00. The molecular formula is C14H26N4. The molecular weight excluding hydrogens is 224 g/mol. The van der Waals surface area contributed by atoms with Crippen LogP contribution < -0.4 is 5.32 Å². The van der Waals surface area contributed by atoms with E-state index < -0.39 is 0 Å². The van der Waals surface area contributed by atoms with Gasteiger partial charge >= 0.3 is 0 Å². The molecule has 1 saturated carbocycles. The third kappa shape index (κ3) is 4.09. The Labute approximate surface area is 110 Å². The Morgan fingerprint density at radius 2 is 2.17 bits per heavy atom. The lowest BCUT2D eigenvalue weighted by Gasteiger charge is -2.25. The summed E-state index contributed by atoms with van der Waals surface area (Å²) in [5.74, 6) is 1.73. The molecule has 1 N–H and O–H groups in total. The van der Waals surface area contributed by atoms with Crippen molar-refractivity contribution in [3.05, 3.63) is 12.2 Å². The van der Waals surface area contributed by atoms with Crippen LogP contribution in [0, 0.1) is 11.3 Å². The zero-order chi connectivity index (χ0) is 13.2. The van der Waals surface area contributed by atoms with Crippen molar-refractivity contribution in [1.29, 1.82) is 0 Å². The van der Waals surface area contributed by atoms with Gasteiger partial charge in [0.15, 0.2) is 0 Å². The maximum atomic E-state index is 4.42. The quantitative estimate of drug-likeness (QED) is 0.807. The smallest absolute Gasteiger partial charge is 0.138 e. The Balaban J connectivity index is 1.91. The predicted octanol–water partition coefficient (Wildman–Crippen LogP) is 2.25. The Morgan fingerprint density at radius 1 is 1.44 bits per heavy atom. The molecule has 0 spiro atoms. The van der Waals surface area contributed by atoms with Crippen molar-refractivity contribution in [2.75, 3.05) is 6.54 Å². The molecule has 0 unspecified atom stereocenters. The summed E-state index contributed by atoms with van der Waals surface area (Å²) >= 11 is 0. The van der Waals surface area contributed by atoms with Gasteiger partial charge in [0, 0.05) is 25.6 Å². The van der Waals surface area contributed by atoms with Crippen molar-refractivity contribution in [2.45, 2.75) is 59.5 Å². The molecule has 1 aliphatic rings. The van der Waals surface area contributed by atoms with E-state index in [0.717, 1.165) is 31.4 Å². The third-order valence-corrected chi connectivity index (χ3v) is 3.32. The Morgan fingerprint density at radius 3 is 2.78 bits per heavy atom. The fourth-order valence-electron chi connectivity index (χ4n) is 2.12. The minimum absolute atomic E-state index is 0.240. The lowest BCUT2D eigenvalue weighted by molar-refractivity contribution is 0.319. The highest BCUT2D eigenvalue weighted by atomic mass is 15.3. The minimum atomic E-state index is 0.240. The van der Waals surface area contributed by atoms with Gasteiger partial charge in [-0.2, -0.15) is 5.10 Å². The Kier molecular flexibility index (Phi) is 4.05. The lowest BCUT2D eigenvalue weighted by atomic mass is 9.89. The first-order chi connectivity index (χ1) is 8.46. The SMILES string of the molecule is CC(C)Cn1ncnc1CC(C)(C)CNC1CC1. The van der Waals surface area contributed by atoms with Gasteiger partial charge in [0.2, 0.25) is 0 Å². The summed E-state index contributed by atoms with van der Waals surface area (Å²) in [6.45, 7) is 11.1. The number of hydrogen-bond donors (Lipinski definition) is 1. The molecule has 4 heteroatoms. The molecule has 4 nitrogen and oxygen atoms in total. The summed E-state index contributed by atoms with van der Waals surface area (Å²) in [6.07, 6.45) is 5.36. The fraction of sp³-hybridized carbons (Fsp3) is 0.857. The van der Waals surface area contributed by atoms with Crippen LogP contribution in [0.4, 0.5) is 0 Å². The van der Waals surface area contributed by atoms with Crippen LogP contribution in [0.5, 0.6) is 0 Å². The normalized spacial score (nSPS) is 16.5. The number of rotatable bonds is 7. The second-order valence-corrected chi connectivity index (χ2v) is 6.75. The van der Waals surface area contributed by atoms with E-state index in [4.69, 9.17) is 0 Å². The topological polar surface area (TPSA) is 42.7 Å². The van der Waals surface area contributed by atoms with Gasteiger partial charge in [-0.1, -0.05) is 27.7 Å². The van der Waals surface area contributed by atoms with E-state index in [1.807, 2.05) is 0 Å². The van der Waals surface area contributed by atoms with E-state index in [2.05, 4.69) is 47.8 Å². The van der Waals surface area contributed by atoms with Crippen molar-refractivity contribution >= 4 is 0 Å². The van der Waals surface area contributed by atoms with Gasteiger partial charge in [0.1, 0.15) is 12.2 Å². The van der Waals surface area contributed by atoms with Crippen molar-refractivity contribution in [3.63, 3.8) is 0 Å². The lowest BCUT2D eigenvalue weighted by Crippen LogP contribution is -2.33. The molecule has 0 amide bonds. The van der Waals surface area contributed by atoms with Crippen LogP contribution in [-0.4, -0.2) is 27.4 Å². The van der Waals surface area contributed by atoms with E-state index in [9.17, 15) is 0 Å². The zero-order valence-electron chi connectivity index (χ0n) is 12.1. The van der Waals surface area contributed by atoms with E-state index in [-0.39, 0.29) is 5.41 Å². The first-order valence-electron chi connectivity index (χ1n) is 7.06. The van der Waals surface area contributed by atoms with E-state index >= 15 is 0 Å². The second kappa shape index (κ2) is 5.39. The van der Waals surface area contributed by atoms with Crippen LogP contribution in [0.25, 0.3) is 0 Å². The van der Waals surface area contributed by atoms with Gasteiger partial charge in [0.05, 0.1) is 0 Å². The average molecular weight is 250 g/mol. The van der Waals surface area contributed by atoms with Gasteiger partial charge in [0.25, 0.3) is 0 Å². The molecule has 18 heavy (non-hydrogen) atoms. The van der Waals surface area contributed by atoms with E-state index in [0.29, 0.717) is 5.92 Å². The summed E-state index contributed by atoms with van der Waals surface area (Å²) < 4.78 is 2.06. The van der Waals surface area contributed by atoms with Gasteiger partial charge in [-0.05, 0) is 24.2 Å². The van der Waals surface area contributed by atoms with Crippen molar-refractivity contribution < 1.29 is 0 Å². The summed E-state index contributed by atoms with van der Waals surface area (Å²) in [7, 11) is 0. The maximum absolute atomic E-state index is 4.42. The first-order valence-corrected chi connectivity index (χ1v) is 7.06. The molecule has 0 bridgehead atoms. The Hall–Kier alpha value is -0.900. The van der Waals surface area contributed by atoms with Crippen molar-refractivity contribution in [1.82, 2.24) is 20.1 Å². The monoisotopic (exact) mass is 250 g/mol. The fourth-order valence-corrected chi connectivity index (χ4v) is 2.12. The van der Waals surface area contributed by atoms with Gasteiger partial charge in [-0.3, -0.25) is 0 Å². The number of nitrogens with one attached hydrogen (secondary N) is 1. The second-order valence-electron chi connectivity index (χ2n) is 6.75. The molecule has 102 valence electrons. The molecule has 1 aromatic heterocycles. The molecule has 1 aliphatic carbocycles. The highest BCUT2D eigenvalue weighted by Gasteiger charge is 2.26. The highest BCUT2D eigenvalue weighted by Crippen LogP contribution is 2.24. The van der Waals surface area contributed by atoms with Crippen LogP contribution in [-0.2, 0) is 13.0 Å². The van der Waals surface area contributed by atoms with Crippen LogP contribution >= 0.6 is 0 Å². The molecule has 1 aromatic rings. The van der Waals surface area contributed by atoms with Gasteiger partial charge in [-0.25, -0.2) is 9.67 Å². The predicted molar refractivity (Wildman–Crippen MR) is 73.4 cm³/mol. The molecule has 0 aliphatic heterocycles. The van der Waals surface area contributed by atoms with Crippen LogP contribution in [0.3, 0.4) is 0 Å². The first kappa shape index (κ1) is 13.5. The van der Waals surface area contributed by atoms with E-state index in [1.165, 1.54) is 12.8 Å². The molecule has 0 atom stereocenters. The summed E-state index contributed by atoms with van der Waals surface area (Å²) in [5.41, 5.74) is 0.240. The van der Waals surface area contributed by atoms with Crippen LogP contribution in [0.15, 0.2) is 6.33 Å². The number of nitrogens with zero attached hydrogens (tertiary/aromatic N) is 3. The van der Waals surface area contributed by atoms with Crippen molar-refractivity contribution in [2.24, 2.45) is 11.3 Å². The Bertz CT molecular complexity index is 377. The molecule has 1 fully saturated rings. The number of hydrogen-bond acceptors (Lipinski definition) is 3. The molecule has 0 radical (unpaired) electrons. The summed E-state index contributed by atoms with van der Waals surface area (Å²) in [6, 6.07) is 0.776. The summed E-state index contributed by atoms with van der Waals surface area (Å²) in [4.78, 5) is 4.42. The molecule has 0 saturated heterocycles. The standard InChI is InChI=1S/C14H26N4/c1-11(2)8-18-13(16-10-17-18)7-14(3,4)9-15-12-5-6-12/h10-12,15H,5-9H2,1-4H3.